The van der Waals surface area contributed by atoms with Gasteiger partial charge in [0.05, 0.1) is 0 Å². The molecule has 0 spiro atoms. The van der Waals surface area contributed by atoms with Gasteiger partial charge in [-0.25, -0.2) is 0 Å². The van der Waals surface area contributed by atoms with Crippen LogP contribution in [0.2, 0.25) is 0 Å². The molecule has 3 aromatic rings. The number of rotatable bonds is 7. The van der Waals surface area contributed by atoms with Crippen LogP contribution in [0, 0.1) is 6.92 Å². The van der Waals surface area contributed by atoms with Gasteiger partial charge in [-0.2, -0.15) is 0 Å². The predicted octanol–water partition coefficient (Wildman–Crippen LogP) is 5.37. The average Bonchev–Trinajstić information content (AvgIpc) is 3.12. The summed E-state index contributed by atoms with van der Waals surface area (Å²) in [6.45, 7) is 6.09. The number of hydrogen-bond donors (Lipinski definition) is 2. The molecule has 4 heteroatoms. The van der Waals surface area contributed by atoms with Crippen molar-refractivity contribution in [1.29, 1.82) is 0 Å². The second kappa shape index (κ2) is 9.41. The van der Waals surface area contributed by atoms with Crippen LogP contribution in [-0.2, 0) is 11.2 Å². The Bertz CT molecular complexity index is 1180. The lowest BCUT2D eigenvalue weighted by Crippen LogP contribution is -2.27. The number of likely N-dealkylation sites (N-methyl/N-ethyl adjacent to an activating group) is 2. The number of carbonyl (C=O) groups excluding carboxylic acids is 1. The predicted molar refractivity (Wildman–Crippen MR) is 136 cm³/mol. The zero-order valence-electron chi connectivity index (χ0n) is 19.3. The molecule has 1 aliphatic heterocycles. The fourth-order valence-electron chi connectivity index (χ4n) is 4.27. The van der Waals surface area contributed by atoms with Crippen molar-refractivity contribution in [3.05, 3.63) is 82.9 Å². The van der Waals surface area contributed by atoms with Crippen molar-refractivity contribution in [2.45, 2.75) is 20.3 Å². The van der Waals surface area contributed by atoms with Crippen molar-refractivity contribution in [1.82, 2.24) is 5.32 Å². The number of hydrogen-bond acceptors (Lipinski definition) is 3. The van der Waals surface area contributed by atoms with Gasteiger partial charge in [-0.05, 0) is 66.9 Å². The minimum atomic E-state index is -0.0516. The molecule has 4 nitrogen and oxygen atoms in total. The lowest BCUT2D eigenvalue weighted by molar-refractivity contribution is -0.110. The maximum absolute atomic E-state index is 12.8. The van der Waals surface area contributed by atoms with E-state index in [1.807, 2.05) is 37.4 Å². The van der Waals surface area contributed by atoms with E-state index in [1.165, 1.54) is 16.7 Å². The Hall–Kier alpha value is -3.37. The Morgan fingerprint density at radius 3 is 2.62 bits per heavy atom. The first-order chi connectivity index (χ1) is 15.5. The van der Waals surface area contributed by atoms with Crippen LogP contribution in [0.4, 0.5) is 11.4 Å². The molecule has 0 radical (unpaired) electrons. The van der Waals surface area contributed by atoms with E-state index in [9.17, 15) is 4.79 Å². The summed E-state index contributed by atoms with van der Waals surface area (Å²) in [5, 5.41) is 6.20. The van der Waals surface area contributed by atoms with Crippen molar-refractivity contribution >= 4 is 28.9 Å². The number of carbonyl (C=O) groups is 1. The summed E-state index contributed by atoms with van der Waals surface area (Å²) in [7, 11) is 4.06. The lowest BCUT2D eigenvalue weighted by Gasteiger charge is -2.22. The van der Waals surface area contributed by atoms with E-state index in [1.54, 1.807) is 0 Å². The number of para-hydroxylation sites is 1. The van der Waals surface area contributed by atoms with Crippen molar-refractivity contribution in [2.24, 2.45) is 0 Å². The molecular formula is C28H31N3O. The summed E-state index contributed by atoms with van der Waals surface area (Å²) >= 11 is 0. The summed E-state index contributed by atoms with van der Waals surface area (Å²) in [4.78, 5) is 15.0. The van der Waals surface area contributed by atoms with E-state index in [2.05, 4.69) is 72.8 Å². The number of benzene rings is 3. The number of anilines is 2. The molecule has 0 saturated heterocycles. The van der Waals surface area contributed by atoms with Crippen molar-refractivity contribution in [3.8, 4) is 11.1 Å². The smallest absolute Gasteiger partial charge is 0.256 e. The van der Waals surface area contributed by atoms with Gasteiger partial charge in [0.25, 0.3) is 5.91 Å². The van der Waals surface area contributed by atoms with Crippen molar-refractivity contribution in [2.75, 3.05) is 37.4 Å². The van der Waals surface area contributed by atoms with Crippen LogP contribution >= 0.6 is 0 Å². The Morgan fingerprint density at radius 1 is 1.03 bits per heavy atom. The maximum Gasteiger partial charge on any atom is 0.256 e. The molecule has 0 unspecified atom stereocenters. The third kappa shape index (κ3) is 4.46. The van der Waals surface area contributed by atoms with Crippen LogP contribution in [0.15, 0.2) is 60.7 Å². The first-order valence-electron chi connectivity index (χ1n) is 11.2. The highest BCUT2D eigenvalue weighted by Crippen LogP contribution is 2.36. The molecule has 0 saturated carbocycles. The highest BCUT2D eigenvalue weighted by atomic mass is 16.2. The van der Waals surface area contributed by atoms with Gasteiger partial charge in [0, 0.05) is 42.6 Å². The first kappa shape index (κ1) is 21.8. The largest absolute Gasteiger partial charge is 0.373 e. The molecule has 1 aliphatic rings. The molecule has 2 N–H and O–H groups in total. The first-order valence-corrected chi connectivity index (χ1v) is 11.2. The quantitative estimate of drug-likeness (QED) is 0.500. The average molecular weight is 426 g/mol. The summed E-state index contributed by atoms with van der Waals surface area (Å²) in [6.07, 6.45) is 3.04. The van der Waals surface area contributed by atoms with Gasteiger partial charge in [0.15, 0.2) is 0 Å². The number of fused-ring (bicyclic) bond motifs is 1. The van der Waals surface area contributed by atoms with E-state index in [0.29, 0.717) is 5.57 Å². The van der Waals surface area contributed by atoms with E-state index in [-0.39, 0.29) is 5.91 Å². The molecule has 0 fully saturated rings. The summed E-state index contributed by atoms with van der Waals surface area (Å²) in [6, 6.07) is 21.2. The third-order valence-corrected chi connectivity index (χ3v) is 6.02. The highest BCUT2D eigenvalue weighted by Gasteiger charge is 2.24. The van der Waals surface area contributed by atoms with E-state index in [0.717, 1.165) is 47.6 Å². The standard InChI is InChI=1S/C28H31N3O/c1-5-20-14-19(2)15-22(16-20)21-10-11-27(31(4)13-12-29-3)23(17-21)18-25-24-8-6-7-9-26(24)30-28(25)32/h6-11,14-18,29H,5,12-13H2,1-4H3,(H,30,32)/b25-18-. The second-order valence-corrected chi connectivity index (χ2v) is 8.42. The number of aryl methyl sites for hydroxylation is 2. The molecule has 0 bridgehead atoms. The van der Waals surface area contributed by atoms with Gasteiger partial charge in [0.1, 0.15) is 0 Å². The highest BCUT2D eigenvalue weighted by molar-refractivity contribution is 6.35. The molecule has 0 aromatic heterocycles. The molecule has 164 valence electrons. The topological polar surface area (TPSA) is 44.4 Å². The normalized spacial score (nSPS) is 13.9. The molecule has 1 amide bonds. The SMILES string of the molecule is CCc1cc(C)cc(-c2ccc(N(C)CCNC)c(/C=C3\C(=O)Nc4ccccc43)c2)c1. The Labute approximate surface area is 191 Å². The minimum absolute atomic E-state index is 0.0516. The fourth-order valence-corrected chi connectivity index (χ4v) is 4.27. The van der Waals surface area contributed by atoms with Crippen LogP contribution < -0.4 is 15.5 Å². The fraction of sp³-hybridized carbons (Fsp3) is 0.250. The molecule has 32 heavy (non-hydrogen) atoms. The van der Waals surface area contributed by atoms with Crippen molar-refractivity contribution in [3.63, 3.8) is 0 Å². The summed E-state index contributed by atoms with van der Waals surface area (Å²) < 4.78 is 0. The lowest BCUT2D eigenvalue weighted by atomic mass is 9.95. The van der Waals surface area contributed by atoms with Crippen LogP contribution in [0.5, 0.6) is 0 Å². The maximum atomic E-state index is 12.8. The van der Waals surface area contributed by atoms with Gasteiger partial charge in [-0.3, -0.25) is 4.79 Å². The zero-order chi connectivity index (χ0) is 22.7. The molecule has 0 atom stereocenters. The van der Waals surface area contributed by atoms with Crippen LogP contribution in [-0.4, -0.2) is 33.1 Å². The monoisotopic (exact) mass is 425 g/mol. The van der Waals surface area contributed by atoms with Crippen LogP contribution in [0.25, 0.3) is 22.8 Å². The van der Waals surface area contributed by atoms with Crippen molar-refractivity contribution < 1.29 is 4.79 Å². The van der Waals surface area contributed by atoms with Gasteiger partial charge < -0.3 is 15.5 Å². The molecule has 4 rings (SSSR count). The van der Waals surface area contributed by atoms with Gasteiger partial charge >= 0.3 is 0 Å². The molecule has 0 aliphatic carbocycles. The number of nitrogens with one attached hydrogen (secondary N) is 2. The number of nitrogens with zero attached hydrogens (tertiary/aromatic N) is 1. The second-order valence-electron chi connectivity index (χ2n) is 8.42. The molecule has 3 aromatic carbocycles. The zero-order valence-corrected chi connectivity index (χ0v) is 19.3. The third-order valence-electron chi connectivity index (χ3n) is 6.02. The Balaban J connectivity index is 1.84. The van der Waals surface area contributed by atoms with Crippen LogP contribution in [0.1, 0.15) is 29.2 Å². The van der Waals surface area contributed by atoms with E-state index >= 15 is 0 Å². The number of amides is 1. The molecular weight excluding hydrogens is 394 g/mol. The summed E-state index contributed by atoms with van der Waals surface area (Å²) in [5.41, 5.74) is 9.65. The van der Waals surface area contributed by atoms with E-state index < -0.39 is 0 Å². The van der Waals surface area contributed by atoms with Gasteiger partial charge in [-0.1, -0.05) is 55.0 Å². The van der Waals surface area contributed by atoms with E-state index in [4.69, 9.17) is 0 Å². The molecule has 1 heterocycles. The van der Waals surface area contributed by atoms with Gasteiger partial charge in [0.2, 0.25) is 0 Å². The Morgan fingerprint density at radius 2 is 1.84 bits per heavy atom. The Kier molecular flexibility index (Phi) is 6.42. The van der Waals surface area contributed by atoms with Crippen LogP contribution in [0.3, 0.4) is 0 Å². The van der Waals surface area contributed by atoms with Gasteiger partial charge in [-0.15, -0.1) is 0 Å². The summed E-state index contributed by atoms with van der Waals surface area (Å²) in [5.74, 6) is -0.0516. The minimum Gasteiger partial charge on any atom is -0.373 e.